The third-order valence-electron chi connectivity index (χ3n) is 4.81. The Morgan fingerprint density at radius 3 is 2.86 bits per heavy atom. The molecule has 0 saturated heterocycles. The molecule has 2 aromatic carbocycles. The number of anilines is 1. The van der Waals surface area contributed by atoms with Crippen LogP contribution in [0.4, 0.5) is 5.13 Å². The fourth-order valence-electron chi connectivity index (χ4n) is 3.25. The molecule has 1 fully saturated rings. The molecule has 1 saturated carbocycles. The molecular weight excluding hydrogens is 404 g/mol. The number of aryl methyl sites for hydroxylation is 1. The number of nitrogens with zero attached hydrogens (tertiary/aromatic N) is 3. The number of aromatic nitrogens is 3. The summed E-state index contributed by atoms with van der Waals surface area (Å²) in [4.78, 5) is 34.5. The van der Waals surface area contributed by atoms with E-state index < -0.39 is 0 Å². The fraction of sp³-hybridized carbons (Fsp3) is 0.238. The minimum absolute atomic E-state index is 0.0254. The summed E-state index contributed by atoms with van der Waals surface area (Å²) >= 11 is 2.76. The third-order valence-corrected chi connectivity index (χ3v) is 6.70. The number of benzene rings is 2. The maximum atomic E-state index is 12.9. The van der Waals surface area contributed by atoms with E-state index in [1.165, 1.54) is 23.1 Å². The Balaban J connectivity index is 1.36. The van der Waals surface area contributed by atoms with Crippen LogP contribution in [0.3, 0.4) is 0 Å². The molecule has 0 spiro atoms. The number of amides is 1. The summed E-state index contributed by atoms with van der Waals surface area (Å²) in [7, 11) is 0. The van der Waals surface area contributed by atoms with Gasteiger partial charge in [-0.2, -0.15) is 0 Å². The van der Waals surface area contributed by atoms with Gasteiger partial charge in [-0.15, -0.1) is 0 Å². The van der Waals surface area contributed by atoms with Gasteiger partial charge >= 0.3 is 0 Å². The molecule has 1 N–H and O–H groups in total. The van der Waals surface area contributed by atoms with Crippen LogP contribution in [0.1, 0.15) is 24.4 Å². The zero-order chi connectivity index (χ0) is 20.0. The van der Waals surface area contributed by atoms with E-state index >= 15 is 0 Å². The molecule has 0 aliphatic heterocycles. The van der Waals surface area contributed by atoms with E-state index in [0.29, 0.717) is 21.2 Å². The van der Waals surface area contributed by atoms with Gasteiger partial charge in [0.2, 0.25) is 5.91 Å². The average molecular weight is 423 g/mol. The van der Waals surface area contributed by atoms with Crippen LogP contribution in [-0.2, 0) is 4.79 Å². The molecule has 0 radical (unpaired) electrons. The van der Waals surface area contributed by atoms with Gasteiger partial charge in [0.05, 0.1) is 26.9 Å². The second-order valence-corrected chi connectivity index (χ2v) is 9.12. The van der Waals surface area contributed by atoms with Crippen molar-refractivity contribution in [3.05, 3.63) is 58.4 Å². The lowest BCUT2D eigenvalue weighted by Gasteiger charge is -2.12. The number of hydrogen-bond acceptors (Lipinski definition) is 6. The number of para-hydroxylation sites is 1. The molecule has 8 heteroatoms. The van der Waals surface area contributed by atoms with E-state index in [2.05, 4.69) is 21.4 Å². The standard InChI is InChI=1S/C21H18N4O2S2/c1-12-6-9-16-17(10-12)29-20(22-16)24-18(26)11-28-21-23-15-5-3-2-4-14(15)19(27)25(21)13-7-8-13/h2-6,9-10,13H,7-8,11H2,1H3,(H,22,24,26). The van der Waals surface area contributed by atoms with Gasteiger partial charge in [-0.1, -0.05) is 41.3 Å². The predicted molar refractivity (Wildman–Crippen MR) is 118 cm³/mol. The molecule has 6 nitrogen and oxygen atoms in total. The van der Waals surface area contributed by atoms with E-state index in [9.17, 15) is 9.59 Å². The number of fused-ring (bicyclic) bond motifs is 2. The van der Waals surface area contributed by atoms with Gasteiger partial charge in [0, 0.05) is 6.04 Å². The van der Waals surface area contributed by atoms with Gasteiger partial charge < -0.3 is 5.32 Å². The average Bonchev–Trinajstić information content (AvgIpc) is 3.46. The van der Waals surface area contributed by atoms with Crippen molar-refractivity contribution in [2.75, 3.05) is 11.1 Å². The van der Waals surface area contributed by atoms with Crippen molar-refractivity contribution in [1.29, 1.82) is 0 Å². The Hall–Kier alpha value is -2.71. The van der Waals surface area contributed by atoms with Crippen LogP contribution in [0, 0.1) is 6.92 Å². The van der Waals surface area contributed by atoms with Crippen LogP contribution >= 0.6 is 23.1 Å². The van der Waals surface area contributed by atoms with Crippen LogP contribution in [0.5, 0.6) is 0 Å². The highest BCUT2D eigenvalue weighted by molar-refractivity contribution is 7.99. The van der Waals surface area contributed by atoms with Crippen LogP contribution in [0.25, 0.3) is 21.1 Å². The highest BCUT2D eigenvalue weighted by atomic mass is 32.2. The van der Waals surface area contributed by atoms with E-state index in [-0.39, 0.29) is 23.3 Å². The van der Waals surface area contributed by atoms with Gasteiger partial charge in [-0.3, -0.25) is 14.2 Å². The van der Waals surface area contributed by atoms with Gasteiger partial charge in [0.25, 0.3) is 5.56 Å². The Bertz CT molecular complexity index is 1310. The molecule has 4 aromatic rings. The maximum Gasteiger partial charge on any atom is 0.262 e. The summed E-state index contributed by atoms with van der Waals surface area (Å²) in [6.45, 7) is 2.03. The topological polar surface area (TPSA) is 76.9 Å². The lowest BCUT2D eigenvalue weighted by Crippen LogP contribution is -2.23. The first kappa shape index (κ1) is 18.3. The van der Waals surface area contributed by atoms with E-state index in [4.69, 9.17) is 0 Å². The Morgan fingerprint density at radius 2 is 2.03 bits per heavy atom. The lowest BCUT2D eigenvalue weighted by molar-refractivity contribution is -0.113. The largest absolute Gasteiger partial charge is 0.301 e. The summed E-state index contributed by atoms with van der Waals surface area (Å²) in [6.07, 6.45) is 1.95. The van der Waals surface area contributed by atoms with Crippen molar-refractivity contribution < 1.29 is 4.79 Å². The van der Waals surface area contributed by atoms with E-state index in [1.54, 1.807) is 10.6 Å². The molecule has 0 unspecified atom stereocenters. The number of rotatable bonds is 5. The first-order valence-electron chi connectivity index (χ1n) is 9.39. The predicted octanol–water partition coefficient (Wildman–Crippen LogP) is 4.38. The summed E-state index contributed by atoms with van der Waals surface area (Å²) < 4.78 is 2.80. The first-order chi connectivity index (χ1) is 14.1. The molecule has 1 aliphatic carbocycles. The fourth-order valence-corrected chi connectivity index (χ4v) is 5.10. The molecule has 0 bridgehead atoms. The lowest BCUT2D eigenvalue weighted by atomic mass is 10.2. The molecule has 5 rings (SSSR count). The van der Waals surface area contributed by atoms with Crippen molar-refractivity contribution >= 4 is 55.3 Å². The second kappa shape index (κ2) is 7.27. The molecule has 0 atom stereocenters. The summed E-state index contributed by atoms with van der Waals surface area (Å²) in [6, 6.07) is 13.6. The normalized spacial score (nSPS) is 13.8. The van der Waals surface area contributed by atoms with Gasteiger partial charge in [0.1, 0.15) is 0 Å². The molecule has 146 valence electrons. The summed E-state index contributed by atoms with van der Waals surface area (Å²) in [5.41, 5.74) is 2.68. The first-order valence-corrected chi connectivity index (χ1v) is 11.2. The number of hydrogen-bond donors (Lipinski definition) is 1. The quantitative estimate of drug-likeness (QED) is 0.381. The molecule has 2 aromatic heterocycles. The Morgan fingerprint density at radius 1 is 1.21 bits per heavy atom. The van der Waals surface area contributed by atoms with Crippen LogP contribution in [-0.4, -0.2) is 26.2 Å². The monoisotopic (exact) mass is 422 g/mol. The number of thiazole rings is 1. The van der Waals surface area contributed by atoms with Crippen molar-refractivity contribution in [2.24, 2.45) is 0 Å². The second-order valence-electron chi connectivity index (χ2n) is 7.14. The Labute approximate surface area is 175 Å². The smallest absolute Gasteiger partial charge is 0.262 e. The SMILES string of the molecule is Cc1ccc2nc(NC(=O)CSc3nc4ccccc4c(=O)n3C3CC3)sc2c1. The molecule has 2 heterocycles. The molecular formula is C21H18N4O2S2. The van der Waals surface area contributed by atoms with E-state index in [1.807, 2.05) is 37.3 Å². The zero-order valence-corrected chi connectivity index (χ0v) is 17.3. The highest BCUT2D eigenvalue weighted by Gasteiger charge is 2.28. The number of carbonyl (C=O) groups excluding carboxylic acids is 1. The van der Waals surface area contributed by atoms with Crippen LogP contribution in [0.2, 0.25) is 0 Å². The Kier molecular flexibility index (Phi) is 4.60. The van der Waals surface area contributed by atoms with Gasteiger partial charge in [0.15, 0.2) is 10.3 Å². The van der Waals surface area contributed by atoms with Gasteiger partial charge in [-0.25, -0.2) is 9.97 Å². The molecule has 1 amide bonds. The van der Waals surface area contributed by atoms with Crippen molar-refractivity contribution in [2.45, 2.75) is 31.0 Å². The van der Waals surface area contributed by atoms with Crippen LogP contribution in [0.15, 0.2) is 52.4 Å². The summed E-state index contributed by atoms with van der Waals surface area (Å²) in [5.74, 6) is 0.0162. The number of thioether (sulfide) groups is 1. The summed E-state index contributed by atoms with van der Waals surface area (Å²) in [5, 5.41) is 4.68. The third kappa shape index (κ3) is 3.65. The van der Waals surface area contributed by atoms with Crippen LogP contribution < -0.4 is 10.9 Å². The highest BCUT2D eigenvalue weighted by Crippen LogP contribution is 2.37. The maximum absolute atomic E-state index is 12.9. The molecule has 1 aliphatic rings. The number of nitrogens with one attached hydrogen (secondary N) is 1. The van der Waals surface area contributed by atoms with Crippen molar-refractivity contribution in [3.8, 4) is 0 Å². The van der Waals surface area contributed by atoms with Crippen molar-refractivity contribution in [1.82, 2.24) is 14.5 Å². The minimum Gasteiger partial charge on any atom is -0.301 e. The van der Waals surface area contributed by atoms with E-state index in [0.717, 1.165) is 28.6 Å². The zero-order valence-electron chi connectivity index (χ0n) is 15.7. The number of carbonyl (C=O) groups is 1. The minimum atomic E-state index is -0.157. The van der Waals surface area contributed by atoms with Crippen molar-refractivity contribution in [3.63, 3.8) is 0 Å². The van der Waals surface area contributed by atoms with Gasteiger partial charge in [-0.05, 0) is 49.6 Å². The molecule has 29 heavy (non-hydrogen) atoms.